The van der Waals surface area contributed by atoms with Crippen LogP contribution in [-0.2, 0) is 20.7 Å². The van der Waals surface area contributed by atoms with Gasteiger partial charge in [0.1, 0.15) is 12.9 Å². The Kier molecular flexibility index (Phi) is 5.20. The zero-order valence-corrected chi connectivity index (χ0v) is 18.3. The quantitative estimate of drug-likeness (QED) is 0.616. The van der Waals surface area contributed by atoms with E-state index in [9.17, 15) is 9.59 Å². The molecule has 32 heavy (non-hydrogen) atoms. The summed E-state index contributed by atoms with van der Waals surface area (Å²) in [5.74, 6) is 0.420. The Morgan fingerprint density at radius 2 is 1.91 bits per heavy atom. The van der Waals surface area contributed by atoms with Crippen molar-refractivity contribution in [2.45, 2.75) is 45.6 Å². The van der Waals surface area contributed by atoms with E-state index in [0.29, 0.717) is 24.0 Å². The van der Waals surface area contributed by atoms with E-state index in [0.717, 1.165) is 50.2 Å². The number of tetrazole rings is 1. The van der Waals surface area contributed by atoms with E-state index in [4.69, 9.17) is 4.74 Å². The number of amides is 1. The maximum absolute atomic E-state index is 13.3. The third-order valence-corrected chi connectivity index (χ3v) is 7.09. The molecule has 0 saturated carbocycles. The third kappa shape index (κ3) is 3.56. The summed E-state index contributed by atoms with van der Waals surface area (Å²) in [5.41, 5.74) is 1.90. The third-order valence-electron chi connectivity index (χ3n) is 7.09. The Morgan fingerprint density at radius 3 is 2.53 bits per heavy atom. The van der Waals surface area contributed by atoms with Gasteiger partial charge in [0, 0.05) is 19.0 Å². The number of aromatic nitrogens is 6. The molecule has 2 aromatic rings. The predicted molar refractivity (Wildman–Crippen MR) is 111 cm³/mol. The first-order valence-corrected chi connectivity index (χ1v) is 11.0. The lowest BCUT2D eigenvalue weighted by Gasteiger charge is -2.40. The molecule has 0 unspecified atom stereocenters. The second-order valence-electron chi connectivity index (χ2n) is 8.86. The summed E-state index contributed by atoms with van der Waals surface area (Å²) in [6, 6.07) is 4.10. The molecule has 3 aliphatic heterocycles. The fourth-order valence-electron chi connectivity index (χ4n) is 4.97. The minimum absolute atomic E-state index is 0.154. The summed E-state index contributed by atoms with van der Waals surface area (Å²) in [6.07, 6.45) is 4.76. The van der Waals surface area contributed by atoms with Gasteiger partial charge in [-0.3, -0.25) is 4.79 Å². The number of ether oxygens (including phenoxy) is 1. The first-order valence-electron chi connectivity index (χ1n) is 11.0. The number of esters is 1. The predicted octanol–water partition coefficient (Wildman–Crippen LogP) is 0.529. The van der Waals surface area contributed by atoms with Gasteiger partial charge in [-0.15, -0.1) is 10.2 Å². The topological polar surface area (TPSA) is 119 Å². The summed E-state index contributed by atoms with van der Waals surface area (Å²) in [5, 5.41) is 19.6. The molecule has 2 fully saturated rings. The van der Waals surface area contributed by atoms with Gasteiger partial charge >= 0.3 is 5.97 Å². The van der Waals surface area contributed by atoms with Crippen LogP contribution in [0.3, 0.4) is 0 Å². The maximum Gasteiger partial charge on any atom is 0.336 e. The Hall–Kier alpha value is -3.21. The molecule has 5 heterocycles. The van der Waals surface area contributed by atoms with Crippen LogP contribution in [0.4, 0.5) is 0 Å². The minimum Gasteiger partial charge on any atom is -0.456 e. The largest absolute Gasteiger partial charge is 0.456 e. The van der Waals surface area contributed by atoms with Gasteiger partial charge < -0.3 is 14.5 Å². The molecule has 1 amide bonds. The van der Waals surface area contributed by atoms with E-state index in [1.54, 1.807) is 11.8 Å². The fraction of sp³-hybridized carbons (Fsp3) is 0.571. The van der Waals surface area contributed by atoms with Crippen LogP contribution >= 0.6 is 0 Å². The number of carbonyl (C=O) groups excluding carboxylic acids is 2. The molecule has 2 saturated heterocycles. The van der Waals surface area contributed by atoms with Gasteiger partial charge in [0.2, 0.25) is 5.91 Å². The second kappa shape index (κ2) is 8.05. The molecule has 0 aromatic carbocycles. The molecular formula is C21H26N8O3. The summed E-state index contributed by atoms with van der Waals surface area (Å²) >= 11 is 0. The van der Waals surface area contributed by atoms with Crippen LogP contribution in [0, 0.1) is 5.41 Å². The van der Waals surface area contributed by atoms with Crippen molar-refractivity contribution in [2.75, 3.05) is 26.2 Å². The van der Waals surface area contributed by atoms with Crippen molar-refractivity contribution in [1.82, 2.24) is 40.2 Å². The fourth-order valence-corrected chi connectivity index (χ4v) is 4.97. The van der Waals surface area contributed by atoms with Gasteiger partial charge in [0.15, 0.2) is 5.82 Å². The molecule has 0 bridgehead atoms. The standard InChI is InChI=1S/C21H26N8O3/c1-14(11-16-3-4-18(24-23-16)29-13-22-25-26-29)27-8-5-21(6-9-27)7-10-28(20(21)31)17-12-32-19(30)15(17)2/h3-4,13-14H,5-12H2,1-2H3/t14-/m0/s1. The highest BCUT2D eigenvalue weighted by Crippen LogP contribution is 2.44. The van der Waals surface area contributed by atoms with Crippen molar-refractivity contribution in [3.8, 4) is 5.82 Å². The number of hydrogen-bond acceptors (Lipinski definition) is 9. The van der Waals surface area contributed by atoms with Crippen LogP contribution < -0.4 is 0 Å². The summed E-state index contributed by atoms with van der Waals surface area (Å²) < 4.78 is 6.58. The van der Waals surface area contributed by atoms with Crippen molar-refractivity contribution < 1.29 is 14.3 Å². The first kappa shape index (κ1) is 20.7. The molecule has 168 valence electrons. The van der Waals surface area contributed by atoms with Crippen LogP contribution in [0.15, 0.2) is 29.7 Å². The average molecular weight is 438 g/mol. The van der Waals surface area contributed by atoms with E-state index in [1.165, 1.54) is 11.0 Å². The maximum atomic E-state index is 13.3. The second-order valence-corrected chi connectivity index (χ2v) is 8.86. The van der Waals surface area contributed by atoms with Crippen LogP contribution in [0.25, 0.3) is 5.82 Å². The van der Waals surface area contributed by atoms with E-state index in [1.807, 2.05) is 12.1 Å². The van der Waals surface area contributed by atoms with Crippen molar-refractivity contribution in [2.24, 2.45) is 5.41 Å². The van der Waals surface area contributed by atoms with Crippen LogP contribution in [0.5, 0.6) is 0 Å². The van der Waals surface area contributed by atoms with E-state index < -0.39 is 0 Å². The normalized spacial score (nSPS) is 22.1. The van der Waals surface area contributed by atoms with Gasteiger partial charge in [0.25, 0.3) is 0 Å². The van der Waals surface area contributed by atoms with Crippen LogP contribution in [0.1, 0.15) is 38.8 Å². The van der Waals surface area contributed by atoms with Crippen molar-refractivity contribution in [3.63, 3.8) is 0 Å². The molecule has 1 atom stereocenters. The van der Waals surface area contributed by atoms with Gasteiger partial charge in [0.05, 0.1) is 22.4 Å². The lowest BCUT2D eigenvalue weighted by molar-refractivity contribution is -0.138. The van der Waals surface area contributed by atoms with E-state index in [-0.39, 0.29) is 23.9 Å². The summed E-state index contributed by atoms with van der Waals surface area (Å²) in [4.78, 5) is 29.2. The molecule has 0 aliphatic carbocycles. The SMILES string of the molecule is CC1=C(N2CCC3(CCN([C@@H](C)Cc4ccc(-n5cnnn5)nn4)CC3)C2=O)COC1=O. The zero-order chi connectivity index (χ0) is 22.3. The number of nitrogens with zero attached hydrogens (tertiary/aromatic N) is 8. The lowest BCUT2D eigenvalue weighted by atomic mass is 9.76. The van der Waals surface area contributed by atoms with Gasteiger partial charge in [-0.1, -0.05) is 0 Å². The zero-order valence-electron chi connectivity index (χ0n) is 18.3. The number of rotatable bonds is 5. The van der Waals surface area contributed by atoms with Crippen molar-refractivity contribution in [3.05, 3.63) is 35.4 Å². The highest BCUT2D eigenvalue weighted by molar-refractivity contribution is 5.94. The molecule has 0 radical (unpaired) electrons. The molecule has 0 N–H and O–H groups in total. The summed E-state index contributed by atoms with van der Waals surface area (Å²) in [7, 11) is 0. The number of carbonyl (C=O) groups is 2. The molecule has 5 rings (SSSR count). The Labute approximate surface area is 185 Å². The van der Waals surface area contributed by atoms with E-state index in [2.05, 4.69) is 37.5 Å². The highest BCUT2D eigenvalue weighted by Gasteiger charge is 2.50. The van der Waals surface area contributed by atoms with E-state index >= 15 is 0 Å². The number of piperidine rings is 1. The molecule has 2 aromatic heterocycles. The molecule has 1 spiro atoms. The highest BCUT2D eigenvalue weighted by atomic mass is 16.5. The monoisotopic (exact) mass is 438 g/mol. The number of likely N-dealkylation sites (tertiary alicyclic amines) is 2. The molecule has 11 heteroatoms. The van der Waals surface area contributed by atoms with Crippen molar-refractivity contribution in [1.29, 1.82) is 0 Å². The Bertz CT molecular complexity index is 1040. The minimum atomic E-state index is -0.317. The molecule has 3 aliphatic rings. The smallest absolute Gasteiger partial charge is 0.336 e. The van der Waals surface area contributed by atoms with Gasteiger partial charge in [-0.05, 0) is 68.8 Å². The number of hydrogen-bond donors (Lipinski definition) is 0. The summed E-state index contributed by atoms with van der Waals surface area (Å²) in [6.45, 7) is 6.54. The van der Waals surface area contributed by atoms with Crippen molar-refractivity contribution >= 4 is 11.9 Å². The van der Waals surface area contributed by atoms with Crippen LogP contribution in [-0.4, -0.2) is 84.4 Å². The molecule has 11 nitrogen and oxygen atoms in total. The van der Waals surface area contributed by atoms with Crippen LogP contribution in [0.2, 0.25) is 0 Å². The first-order chi connectivity index (χ1) is 15.5. The average Bonchev–Trinajstić information content (AvgIpc) is 3.52. The Balaban J connectivity index is 1.18. The Morgan fingerprint density at radius 1 is 1.12 bits per heavy atom. The van der Waals surface area contributed by atoms with Gasteiger partial charge in [-0.25, -0.2) is 4.79 Å². The lowest BCUT2D eigenvalue weighted by Crippen LogP contribution is -2.48. The molecular weight excluding hydrogens is 412 g/mol. The number of cyclic esters (lactones) is 1. The van der Waals surface area contributed by atoms with Gasteiger partial charge in [-0.2, -0.15) is 9.78 Å².